The van der Waals surface area contributed by atoms with Gasteiger partial charge in [-0.05, 0) is 50.3 Å². The topological polar surface area (TPSA) is 22.9 Å². The van der Waals surface area contributed by atoms with Crippen molar-refractivity contribution in [2.45, 2.75) is 39.0 Å². The summed E-state index contributed by atoms with van der Waals surface area (Å²) >= 11 is 0. The molecular formula is C17H28NO2+. The monoisotopic (exact) mass is 278 g/mol. The summed E-state index contributed by atoms with van der Waals surface area (Å²) in [5.74, 6) is 1.70. The van der Waals surface area contributed by atoms with E-state index in [1.54, 1.807) is 12.0 Å². The molecule has 3 heteroatoms. The van der Waals surface area contributed by atoms with Crippen molar-refractivity contribution >= 4 is 0 Å². The lowest BCUT2D eigenvalue weighted by Crippen LogP contribution is -3.11. The quantitative estimate of drug-likeness (QED) is 0.807. The van der Waals surface area contributed by atoms with Crippen LogP contribution < -0.4 is 14.4 Å². The van der Waals surface area contributed by atoms with Gasteiger partial charge in [0.1, 0.15) is 0 Å². The van der Waals surface area contributed by atoms with E-state index >= 15 is 0 Å². The average molecular weight is 278 g/mol. The van der Waals surface area contributed by atoms with Crippen LogP contribution in [0, 0.1) is 6.92 Å². The second kappa shape index (κ2) is 8.15. The number of methoxy groups -OCH3 is 1. The van der Waals surface area contributed by atoms with Crippen molar-refractivity contribution in [1.82, 2.24) is 0 Å². The fraction of sp³-hybridized carbons (Fsp3) is 0.647. The minimum Gasteiger partial charge on any atom is -0.493 e. The smallest absolute Gasteiger partial charge is 0.161 e. The highest BCUT2D eigenvalue weighted by molar-refractivity contribution is 5.42. The zero-order chi connectivity index (χ0) is 14.2. The molecule has 0 spiro atoms. The zero-order valence-corrected chi connectivity index (χ0v) is 12.9. The Morgan fingerprint density at radius 3 is 2.50 bits per heavy atom. The number of hydrogen-bond donors (Lipinski definition) is 1. The van der Waals surface area contributed by atoms with Gasteiger partial charge in [0.2, 0.25) is 0 Å². The molecule has 0 bridgehead atoms. The van der Waals surface area contributed by atoms with Gasteiger partial charge in [0.15, 0.2) is 11.5 Å². The SMILES string of the molecule is COc1cc(C)ccc1OCCC[NH+]1CCCCCC1. The van der Waals surface area contributed by atoms with E-state index in [2.05, 4.69) is 13.0 Å². The standard InChI is InChI=1S/C17H27NO2/c1-15-8-9-16(17(14-15)19-2)20-13-7-12-18-10-5-3-4-6-11-18/h8-9,14H,3-7,10-13H2,1-2H3/p+1. The number of hydrogen-bond acceptors (Lipinski definition) is 2. The summed E-state index contributed by atoms with van der Waals surface area (Å²) in [7, 11) is 1.70. The summed E-state index contributed by atoms with van der Waals surface area (Å²) in [6.07, 6.45) is 6.73. The van der Waals surface area contributed by atoms with Crippen molar-refractivity contribution in [1.29, 1.82) is 0 Å². The summed E-state index contributed by atoms with van der Waals surface area (Å²) in [6.45, 7) is 6.76. The lowest BCUT2D eigenvalue weighted by molar-refractivity contribution is -0.899. The molecule has 0 saturated carbocycles. The summed E-state index contributed by atoms with van der Waals surface area (Å²) in [5.41, 5.74) is 1.20. The average Bonchev–Trinajstić information content (AvgIpc) is 2.73. The van der Waals surface area contributed by atoms with Crippen LogP contribution in [0.3, 0.4) is 0 Å². The van der Waals surface area contributed by atoms with Crippen LogP contribution in [0.25, 0.3) is 0 Å². The first kappa shape index (κ1) is 15.2. The molecule has 1 saturated heterocycles. The van der Waals surface area contributed by atoms with E-state index in [1.165, 1.54) is 50.9 Å². The van der Waals surface area contributed by atoms with Gasteiger partial charge < -0.3 is 14.4 Å². The summed E-state index contributed by atoms with van der Waals surface area (Å²) in [6, 6.07) is 6.10. The molecule has 1 aromatic carbocycles. The van der Waals surface area contributed by atoms with Crippen LogP contribution in [0.15, 0.2) is 18.2 Å². The predicted octanol–water partition coefficient (Wildman–Crippen LogP) is 2.23. The molecule has 1 aliphatic rings. The van der Waals surface area contributed by atoms with Gasteiger partial charge in [0.25, 0.3) is 0 Å². The molecule has 2 rings (SSSR count). The Hall–Kier alpha value is -1.22. The number of ether oxygens (including phenoxy) is 2. The lowest BCUT2D eigenvalue weighted by Gasteiger charge is -2.17. The van der Waals surface area contributed by atoms with Crippen molar-refractivity contribution in [3.8, 4) is 11.5 Å². The largest absolute Gasteiger partial charge is 0.493 e. The number of aryl methyl sites for hydroxylation is 1. The van der Waals surface area contributed by atoms with E-state index in [0.29, 0.717) is 0 Å². The molecule has 1 N–H and O–H groups in total. The molecule has 20 heavy (non-hydrogen) atoms. The van der Waals surface area contributed by atoms with Gasteiger partial charge in [-0.15, -0.1) is 0 Å². The number of benzene rings is 1. The maximum atomic E-state index is 5.87. The molecule has 112 valence electrons. The van der Waals surface area contributed by atoms with Crippen LogP contribution in [0.2, 0.25) is 0 Å². The predicted molar refractivity (Wildman–Crippen MR) is 81.9 cm³/mol. The molecule has 0 aliphatic carbocycles. The maximum absolute atomic E-state index is 5.87. The van der Waals surface area contributed by atoms with Crippen molar-refractivity contribution in [2.24, 2.45) is 0 Å². The molecular weight excluding hydrogens is 250 g/mol. The Kier molecular flexibility index (Phi) is 6.19. The molecule has 0 amide bonds. The molecule has 3 nitrogen and oxygen atoms in total. The van der Waals surface area contributed by atoms with Crippen LogP contribution in [-0.4, -0.2) is 33.4 Å². The Morgan fingerprint density at radius 1 is 1.05 bits per heavy atom. The molecule has 1 aromatic rings. The molecule has 0 radical (unpaired) electrons. The second-order valence-electron chi connectivity index (χ2n) is 5.77. The summed E-state index contributed by atoms with van der Waals surface area (Å²) in [4.78, 5) is 1.75. The van der Waals surface area contributed by atoms with Crippen LogP contribution in [0.1, 0.15) is 37.7 Å². The van der Waals surface area contributed by atoms with Crippen molar-refractivity contribution < 1.29 is 14.4 Å². The molecule has 1 heterocycles. The third kappa shape index (κ3) is 4.71. The van der Waals surface area contributed by atoms with E-state index < -0.39 is 0 Å². The number of quaternary nitrogens is 1. The van der Waals surface area contributed by atoms with E-state index in [4.69, 9.17) is 9.47 Å². The first-order valence-corrected chi connectivity index (χ1v) is 7.90. The first-order chi connectivity index (χ1) is 9.79. The normalized spacial score (nSPS) is 16.7. The minimum absolute atomic E-state index is 0.781. The molecule has 0 unspecified atom stereocenters. The Labute approximate surface area is 122 Å². The number of nitrogens with one attached hydrogen (secondary N) is 1. The van der Waals surface area contributed by atoms with Gasteiger partial charge in [0, 0.05) is 6.42 Å². The van der Waals surface area contributed by atoms with E-state index in [-0.39, 0.29) is 0 Å². The second-order valence-corrected chi connectivity index (χ2v) is 5.77. The molecule has 1 fully saturated rings. The van der Waals surface area contributed by atoms with Crippen LogP contribution >= 0.6 is 0 Å². The van der Waals surface area contributed by atoms with Crippen LogP contribution in [-0.2, 0) is 0 Å². The van der Waals surface area contributed by atoms with Gasteiger partial charge in [-0.3, -0.25) is 0 Å². The Bertz CT molecular complexity index is 398. The fourth-order valence-corrected chi connectivity index (χ4v) is 2.88. The Morgan fingerprint density at radius 2 is 1.80 bits per heavy atom. The maximum Gasteiger partial charge on any atom is 0.161 e. The molecule has 0 atom stereocenters. The van der Waals surface area contributed by atoms with Crippen molar-refractivity contribution in [3.63, 3.8) is 0 Å². The van der Waals surface area contributed by atoms with Crippen molar-refractivity contribution in [3.05, 3.63) is 23.8 Å². The van der Waals surface area contributed by atoms with Gasteiger partial charge in [-0.1, -0.05) is 6.07 Å². The third-order valence-corrected chi connectivity index (χ3v) is 4.06. The van der Waals surface area contributed by atoms with Gasteiger partial charge in [0.05, 0.1) is 33.4 Å². The first-order valence-electron chi connectivity index (χ1n) is 7.90. The van der Waals surface area contributed by atoms with E-state index in [9.17, 15) is 0 Å². The number of likely N-dealkylation sites (tertiary alicyclic amines) is 1. The number of rotatable bonds is 6. The van der Waals surface area contributed by atoms with Crippen LogP contribution in [0.5, 0.6) is 11.5 Å². The lowest BCUT2D eigenvalue weighted by atomic mass is 10.2. The Balaban J connectivity index is 1.72. The van der Waals surface area contributed by atoms with E-state index in [1.807, 2.05) is 12.1 Å². The third-order valence-electron chi connectivity index (χ3n) is 4.06. The van der Waals surface area contributed by atoms with Gasteiger partial charge in [-0.2, -0.15) is 0 Å². The zero-order valence-electron chi connectivity index (χ0n) is 12.9. The highest BCUT2D eigenvalue weighted by Gasteiger charge is 2.11. The summed E-state index contributed by atoms with van der Waals surface area (Å²) in [5, 5.41) is 0. The molecule has 0 aromatic heterocycles. The van der Waals surface area contributed by atoms with Gasteiger partial charge >= 0.3 is 0 Å². The minimum atomic E-state index is 0.781. The van der Waals surface area contributed by atoms with E-state index in [0.717, 1.165) is 24.5 Å². The summed E-state index contributed by atoms with van der Waals surface area (Å²) < 4.78 is 11.2. The fourth-order valence-electron chi connectivity index (χ4n) is 2.88. The highest BCUT2D eigenvalue weighted by Crippen LogP contribution is 2.27. The van der Waals surface area contributed by atoms with Crippen molar-refractivity contribution in [2.75, 3.05) is 33.4 Å². The van der Waals surface area contributed by atoms with Crippen LogP contribution in [0.4, 0.5) is 0 Å². The van der Waals surface area contributed by atoms with Gasteiger partial charge in [-0.25, -0.2) is 0 Å². The molecule has 1 aliphatic heterocycles. The highest BCUT2D eigenvalue weighted by atomic mass is 16.5.